The van der Waals surface area contributed by atoms with E-state index in [2.05, 4.69) is 39.1 Å². The monoisotopic (exact) mass is 269 g/mol. The molecule has 0 N–H and O–H groups in total. The molecule has 0 bridgehead atoms. The molecule has 0 fully saturated rings. The summed E-state index contributed by atoms with van der Waals surface area (Å²) in [5.74, 6) is 0. The van der Waals surface area contributed by atoms with Crippen LogP contribution in [0.5, 0.6) is 0 Å². The molecule has 0 aliphatic rings. The number of hydrogen-bond donors (Lipinski definition) is 0. The van der Waals surface area contributed by atoms with E-state index < -0.39 is 0 Å². The number of benzene rings is 1. The van der Waals surface area contributed by atoms with Gasteiger partial charge < -0.3 is 0 Å². The van der Waals surface area contributed by atoms with Gasteiger partial charge in [0.1, 0.15) is 5.15 Å². The molecule has 0 radical (unpaired) electrons. The van der Waals surface area contributed by atoms with Gasteiger partial charge in [-0.2, -0.15) is 0 Å². The zero-order valence-corrected chi connectivity index (χ0v) is 10.3. The topological polar surface area (TPSA) is 12.9 Å². The number of halogens is 2. The van der Waals surface area contributed by atoms with Crippen molar-refractivity contribution in [2.24, 2.45) is 0 Å². The van der Waals surface area contributed by atoms with E-state index in [4.69, 9.17) is 11.6 Å². The maximum Gasteiger partial charge on any atom is 0.132 e. The maximum absolute atomic E-state index is 5.98. The number of rotatable bonds is 0. The fraction of sp³-hybridized carbons (Fsp3) is 0.182. The molecule has 1 aromatic heterocycles. The van der Waals surface area contributed by atoms with Crippen LogP contribution < -0.4 is 0 Å². The first-order chi connectivity index (χ1) is 6.59. The molecule has 2 rings (SSSR count). The Hall–Kier alpha value is -0.600. The molecular weight excluding hydrogens is 261 g/mol. The van der Waals surface area contributed by atoms with E-state index in [1.54, 1.807) is 0 Å². The van der Waals surface area contributed by atoms with Gasteiger partial charge in [0, 0.05) is 9.86 Å². The van der Waals surface area contributed by atoms with E-state index in [9.17, 15) is 0 Å². The molecule has 1 heterocycles. The molecule has 3 heteroatoms. The average molecular weight is 271 g/mol. The van der Waals surface area contributed by atoms with Gasteiger partial charge in [-0.1, -0.05) is 23.7 Å². The van der Waals surface area contributed by atoms with Gasteiger partial charge in [0.25, 0.3) is 0 Å². The first-order valence-electron chi connectivity index (χ1n) is 4.31. The molecule has 0 atom stereocenters. The predicted octanol–water partition coefficient (Wildman–Crippen LogP) is 4.27. The van der Waals surface area contributed by atoms with Crippen LogP contribution in [0.15, 0.2) is 22.7 Å². The molecule has 0 amide bonds. The van der Waals surface area contributed by atoms with Crippen molar-refractivity contribution in [1.29, 1.82) is 0 Å². The lowest BCUT2D eigenvalue weighted by atomic mass is 10.1. The largest absolute Gasteiger partial charge is 0.235 e. The van der Waals surface area contributed by atoms with Gasteiger partial charge in [-0.25, -0.2) is 4.98 Å². The van der Waals surface area contributed by atoms with Crippen LogP contribution >= 0.6 is 27.5 Å². The Morgan fingerprint density at radius 2 is 1.93 bits per heavy atom. The van der Waals surface area contributed by atoms with Crippen LogP contribution in [0.3, 0.4) is 0 Å². The summed E-state index contributed by atoms with van der Waals surface area (Å²) in [7, 11) is 0. The highest BCUT2D eigenvalue weighted by atomic mass is 79.9. The molecule has 0 unspecified atom stereocenters. The lowest BCUT2D eigenvalue weighted by molar-refractivity contribution is 1.31. The van der Waals surface area contributed by atoms with Gasteiger partial charge in [0.15, 0.2) is 0 Å². The number of nitrogens with zero attached hydrogens (tertiary/aromatic N) is 1. The molecule has 14 heavy (non-hydrogen) atoms. The summed E-state index contributed by atoms with van der Waals surface area (Å²) in [6.45, 7) is 4.00. The molecule has 0 aliphatic heterocycles. The molecule has 72 valence electrons. The molecule has 0 spiro atoms. The summed E-state index contributed by atoms with van der Waals surface area (Å²) >= 11 is 9.50. The zero-order chi connectivity index (χ0) is 10.3. The lowest BCUT2D eigenvalue weighted by Crippen LogP contribution is -1.87. The molecule has 0 saturated heterocycles. The molecule has 0 saturated carbocycles. The van der Waals surface area contributed by atoms with Gasteiger partial charge in [-0.05, 0) is 47.0 Å². The summed E-state index contributed by atoms with van der Waals surface area (Å²) in [4.78, 5) is 4.35. The molecule has 1 aromatic carbocycles. The zero-order valence-electron chi connectivity index (χ0n) is 7.94. The Morgan fingerprint density at radius 1 is 1.21 bits per heavy atom. The van der Waals surface area contributed by atoms with E-state index in [0.717, 1.165) is 20.9 Å². The third-order valence-electron chi connectivity index (χ3n) is 2.25. The van der Waals surface area contributed by atoms with Crippen molar-refractivity contribution >= 4 is 38.4 Å². The van der Waals surface area contributed by atoms with E-state index in [1.165, 1.54) is 5.56 Å². The van der Waals surface area contributed by atoms with Crippen molar-refractivity contribution in [3.63, 3.8) is 0 Å². The summed E-state index contributed by atoms with van der Waals surface area (Å²) in [5.41, 5.74) is 3.11. The Labute approximate surface area is 96.2 Å². The van der Waals surface area contributed by atoms with Crippen molar-refractivity contribution in [2.75, 3.05) is 0 Å². The second-order valence-electron chi connectivity index (χ2n) is 3.36. The van der Waals surface area contributed by atoms with Crippen LogP contribution in [-0.4, -0.2) is 4.98 Å². The molecule has 1 nitrogen and oxygen atoms in total. The van der Waals surface area contributed by atoms with Gasteiger partial charge in [-0.3, -0.25) is 0 Å². The molecular formula is C11H9BrClN. The van der Waals surface area contributed by atoms with Crippen LogP contribution in [0.2, 0.25) is 5.15 Å². The quantitative estimate of drug-likeness (QED) is 0.652. The van der Waals surface area contributed by atoms with Crippen LogP contribution in [0, 0.1) is 13.8 Å². The first kappa shape index (κ1) is 9.94. The summed E-state index contributed by atoms with van der Waals surface area (Å²) < 4.78 is 1.02. The highest BCUT2D eigenvalue weighted by Crippen LogP contribution is 2.28. The van der Waals surface area contributed by atoms with Crippen molar-refractivity contribution in [3.8, 4) is 0 Å². The summed E-state index contributed by atoms with van der Waals surface area (Å²) in [6, 6.07) is 6.18. The third kappa shape index (κ3) is 1.53. The van der Waals surface area contributed by atoms with Crippen LogP contribution in [-0.2, 0) is 0 Å². The number of pyridine rings is 1. The average Bonchev–Trinajstić information content (AvgIpc) is 2.15. The van der Waals surface area contributed by atoms with Crippen molar-refractivity contribution < 1.29 is 0 Å². The first-order valence-corrected chi connectivity index (χ1v) is 5.48. The fourth-order valence-corrected chi connectivity index (χ4v) is 1.98. The standard InChI is InChI=1S/C11H9BrClN/c1-6-3-4-8-5-7(2)11(13)14-10(8)9(6)12/h3-5H,1-2H3. The molecule has 0 aliphatic carbocycles. The van der Waals surface area contributed by atoms with Crippen LogP contribution in [0.25, 0.3) is 10.9 Å². The summed E-state index contributed by atoms with van der Waals surface area (Å²) in [5, 5.41) is 1.69. The van der Waals surface area contributed by atoms with Gasteiger partial charge in [-0.15, -0.1) is 0 Å². The van der Waals surface area contributed by atoms with E-state index in [-0.39, 0.29) is 0 Å². The SMILES string of the molecule is Cc1cc2ccc(C)c(Br)c2nc1Cl. The summed E-state index contributed by atoms with van der Waals surface area (Å²) in [6.07, 6.45) is 0. The second kappa shape index (κ2) is 3.52. The maximum atomic E-state index is 5.98. The number of fused-ring (bicyclic) bond motifs is 1. The highest BCUT2D eigenvalue weighted by Gasteiger charge is 2.05. The molecule has 2 aromatic rings. The van der Waals surface area contributed by atoms with Crippen LogP contribution in [0.1, 0.15) is 11.1 Å². The van der Waals surface area contributed by atoms with Crippen molar-refractivity contribution in [3.05, 3.63) is 39.0 Å². The normalized spacial score (nSPS) is 10.9. The minimum atomic E-state index is 0.573. The van der Waals surface area contributed by atoms with Gasteiger partial charge in [0.05, 0.1) is 5.52 Å². The lowest BCUT2D eigenvalue weighted by Gasteiger charge is -2.05. The number of hydrogen-bond acceptors (Lipinski definition) is 1. The van der Waals surface area contributed by atoms with Crippen LogP contribution in [0.4, 0.5) is 0 Å². The van der Waals surface area contributed by atoms with E-state index in [1.807, 2.05) is 13.8 Å². The number of aryl methyl sites for hydroxylation is 2. The fourth-order valence-electron chi connectivity index (χ4n) is 1.39. The Kier molecular flexibility index (Phi) is 2.50. The van der Waals surface area contributed by atoms with E-state index in [0.29, 0.717) is 5.15 Å². The predicted molar refractivity (Wildman–Crippen MR) is 63.9 cm³/mol. The number of aromatic nitrogens is 1. The van der Waals surface area contributed by atoms with Crippen molar-refractivity contribution in [2.45, 2.75) is 13.8 Å². The minimum Gasteiger partial charge on any atom is -0.235 e. The third-order valence-corrected chi connectivity index (χ3v) is 3.63. The Balaban J connectivity index is 2.89. The smallest absolute Gasteiger partial charge is 0.132 e. The highest BCUT2D eigenvalue weighted by molar-refractivity contribution is 9.10. The Bertz CT molecular complexity index is 508. The van der Waals surface area contributed by atoms with Gasteiger partial charge in [0.2, 0.25) is 0 Å². The van der Waals surface area contributed by atoms with Gasteiger partial charge >= 0.3 is 0 Å². The minimum absolute atomic E-state index is 0.573. The second-order valence-corrected chi connectivity index (χ2v) is 4.52. The Morgan fingerprint density at radius 3 is 2.64 bits per heavy atom. The van der Waals surface area contributed by atoms with E-state index >= 15 is 0 Å². The van der Waals surface area contributed by atoms with Crippen molar-refractivity contribution in [1.82, 2.24) is 4.98 Å².